The number of benzene rings is 1. The Hall–Kier alpha value is -1.46. The Kier molecular flexibility index (Phi) is 4.17. The molecule has 2 rings (SSSR count). The zero-order chi connectivity index (χ0) is 14.0. The number of pyridine rings is 1. The molecule has 0 fully saturated rings. The van der Waals surface area contributed by atoms with Gasteiger partial charge in [0.25, 0.3) is 0 Å². The van der Waals surface area contributed by atoms with E-state index in [0.717, 1.165) is 16.8 Å². The van der Waals surface area contributed by atoms with E-state index in [1.807, 2.05) is 19.9 Å². The Bertz CT molecular complexity index is 596. The number of hydrogen-bond acceptors (Lipinski definition) is 3. The van der Waals surface area contributed by atoms with Crippen LogP contribution in [0.25, 0.3) is 0 Å². The van der Waals surface area contributed by atoms with Crippen LogP contribution in [0.4, 0.5) is 4.39 Å². The third-order valence-electron chi connectivity index (χ3n) is 2.69. The fraction of sp³-hybridized carbons (Fsp3) is 0.214. The first-order chi connectivity index (χ1) is 8.99. The van der Waals surface area contributed by atoms with Gasteiger partial charge >= 0.3 is 0 Å². The fourth-order valence-corrected chi connectivity index (χ4v) is 2.31. The van der Waals surface area contributed by atoms with Crippen molar-refractivity contribution in [2.24, 2.45) is 5.73 Å². The largest absolute Gasteiger partial charge is 0.439 e. The summed E-state index contributed by atoms with van der Waals surface area (Å²) in [6, 6.07) is 6.30. The summed E-state index contributed by atoms with van der Waals surface area (Å²) in [6.45, 7) is 4.15. The van der Waals surface area contributed by atoms with Crippen LogP contribution in [0.1, 0.15) is 16.8 Å². The van der Waals surface area contributed by atoms with Crippen LogP contribution in [-0.2, 0) is 6.54 Å². The predicted octanol–water partition coefficient (Wildman–Crippen LogP) is 3.85. The SMILES string of the molecule is Cc1cc(C)c(CN)c(Oc2cc(F)cc(Br)c2)n1. The number of aryl methyl sites for hydroxylation is 2. The Morgan fingerprint density at radius 3 is 2.63 bits per heavy atom. The predicted molar refractivity (Wildman–Crippen MR) is 75.8 cm³/mol. The first kappa shape index (κ1) is 14.0. The minimum absolute atomic E-state index is 0.324. The van der Waals surface area contributed by atoms with Crippen molar-refractivity contribution in [2.45, 2.75) is 20.4 Å². The van der Waals surface area contributed by atoms with E-state index < -0.39 is 0 Å². The molecule has 0 spiro atoms. The molecule has 2 N–H and O–H groups in total. The molecule has 0 amide bonds. The molecule has 0 bridgehead atoms. The molecule has 1 aromatic heterocycles. The van der Waals surface area contributed by atoms with Gasteiger partial charge in [-0.25, -0.2) is 9.37 Å². The van der Waals surface area contributed by atoms with Gasteiger partial charge in [-0.3, -0.25) is 0 Å². The highest BCUT2D eigenvalue weighted by Gasteiger charge is 2.11. The van der Waals surface area contributed by atoms with Gasteiger partial charge in [-0.1, -0.05) is 15.9 Å². The second kappa shape index (κ2) is 5.67. The van der Waals surface area contributed by atoms with Crippen LogP contribution in [0, 0.1) is 19.7 Å². The van der Waals surface area contributed by atoms with Gasteiger partial charge in [-0.15, -0.1) is 0 Å². The van der Waals surface area contributed by atoms with E-state index in [4.69, 9.17) is 10.5 Å². The van der Waals surface area contributed by atoms with Crippen LogP contribution in [0.15, 0.2) is 28.7 Å². The lowest BCUT2D eigenvalue weighted by Gasteiger charge is -2.12. The number of aromatic nitrogens is 1. The normalized spacial score (nSPS) is 10.6. The molecule has 0 unspecified atom stereocenters. The maximum atomic E-state index is 13.3. The van der Waals surface area contributed by atoms with Crippen LogP contribution in [-0.4, -0.2) is 4.98 Å². The van der Waals surface area contributed by atoms with Gasteiger partial charge in [-0.05, 0) is 37.6 Å². The standard InChI is InChI=1S/C14H14BrFN2O/c1-8-3-9(2)18-14(13(8)7-17)19-12-5-10(15)4-11(16)6-12/h3-6H,7,17H2,1-2H3. The molecule has 3 nitrogen and oxygen atoms in total. The maximum Gasteiger partial charge on any atom is 0.224 e. The number of halogens is 2. The zero-order valence-electron chi connectivity index (χ0n) is 10.7. The van der Waals surface area contributed by atoms with Crippen LogP contribution < -0.4 is 10.5 Å². The number of nitrogens with zero attached hydrogens (tertiary/aromatic N) is 1. The van der Waals surface area contributed by atoms with Crippen molar-refractivity contribution >= 4 is 15.9 Å². The Labute approximate surface area is 119 Å². The summed E-state index contributed by atoms with van der Waals surface area (Å²) in [5.41, 5.74) is 8.38. The van der Waals surface area contributed by atoms with Crippen LogP contribution in [0.3, 0.4) is 0 Å². The highest BCUT2D eigenvalue weighted by Crippen LogP contribution is 2.28. The lowest BCUT2D eigenvalue weighted by molar-refractivity contribution is 0.449. The van der Waals surface area contributed by atoms with Crippen molar-refractivity contribution in [3.63, 3.8) is 0 Å². The second-order valence-electron chi connectivity index (χ2n) is 4.28. The van der Waals surface area contributed by atoms with E-state index in [1.54, 1.807) is 6.07 Å². The van der Waals surface area contributed by atoms with E-state index in [1.165, 1.54) is 12.1 Å². The van der Waals surface area contributed by atoms with Gasteiger partial charge in [0.2, 0.25) is 5.88 Å². The third kappa shape index (κ3) is 3.30. The molecule has 2 aromatic rings. The molecule has 19 heavy (non-hydrogen) atoms. The second-order valence-corrected chi connectivity index (χ2v) is 5.19. The Morgan fingerprint density at radius 1 is 1.26 bits per heavy atom. The van der Waals surface area contributed by atoms with Crippen LogP contribution in [0.5, 0.6) is 11.6 Å². The average molecular weight is 325 g/mol. The smallest absolute Gasteiger partial charge is 0.224 e. The average Bonchev–Trinajstić information content (AvgIpc) is 2.26. The molecule has 100 valence electrons. The van der Waals surface area contributed by atoms with Crippen molar-refractivity contribution in [3.8, 4) is 11.6 Å². The van der Waals surface area contributed by atoms with Gasteiger partial charge in [0, 0.05) is 28.3 Å². The molecule has 0 radical (unpaired) electrons. The summed E-state index contributed by atoms with van der Waals surface area (Å²) < 4.78 is 19.6. The minimum Gasteiger partial charge on any atom is -0.439 e. The molecule has 0 saturated heterocycles. The van der Waals surface area contributed by atoms with Gasteiger partial charge in [0.15, 0.2) is 0 Å². The highest BCUT2D eigenvalue weighted by atomic mass is 79.9. The van der Waals surface area contributed by atoms with Gasteiger partial charge in [0.1, 0.15) is 11.6 Å². The van der Waals surface area contributed by atoms with E-state index in [2.05, 4.69) is 20.9 Å². The number of hydrogen-bond donors (Lipinski definition) is 1. The van der Waals surface area contributed by atoms with Crippen molar-refractivity contribution in [2.75, 3.05) is 0 Å². The molecule has 5 heteroatoms. The summed E-state index contributed by atoms with van der Waals surface area (Å²) in [4.78, 5) is 4.32. The summed E-state index contributed by atoms with van der Waals surface area (Å²) >= 11 is 3.23. The summed E-state index contributed by atoms with van der Waals surface area (Å²) in [5.74, 6) is 0.444. The van der Waals surface area contributed by atoms with Crippen molar-refractivity contribution in [1.29, 1.82) is 0 Å². The summed E-state index contributed by atoms with van der Waals surface area (Å²) in [6.07, 6.45) is 0. The van der Waals surface area contributed by atoms with E-state index in [-0.39, 0.29) is 5.82 Å². The number of nitrogens with two attached hydrogens (primary N) is 1. The molecule has 0 aliphatic carbocycles. The zero-order valence-corrected chi connectivity index (χ0v) is 12.3. The number of ether oxygens (including phenoxy) is 1. The topological polar surface area (TPSA) is 48.1 Å². The van der Waals surface area contributed by atoms with Gasteiger partial charge < -0.3 is 10.5 Å². The Balaban J connectivity index is 2.42. The molecule has 1 heterocycles. The van der Waals surface area contributed by atoms with Crippen molar-refractivity contribution in [3.05, 3.63) is 51.4 Å². The molecular weight excluding hydrogens is 311 g/mol. The van der Waals surface area contributed by atoms with Gasteiger partial charge in [-0.2, -0.15) is 0 Å². The van der Waals surface area contributed by atoms with E-state index in [0.29, 0.717) is 22.6 Å². The van der Waals surface area contributed by atoms with E-state index >= 15 is 0 Å². The molecule has 1 aromatic carbocycles. The minimum atomic E-state index is -0.372. The first-order valence-corrected chi connectivity index (χ1v) is 6.60. The lowest BCUT2D eigenvalue weighted by atomic mass is 10.1. The molecular formula is C14H14BrFN2O. The van der Waals surface area contributed by atoms with Gasteiger partial charge in [0.05, 0.1) is 0 Å². The van der Waals surface area contributed by atoms with Crippen molar-refractivity contribution in [1.82, 2.24) is 4.98 Å². The number of rotatable bonds is 3. The lowest BCUT2D eigenvalue weighted by Crippen LogP contribution is -2.05. The highest BCUT2D eigenvalue weighted by molar-refractivity contribution is 9.10. The molecule has 0 aliphatic heterocycles. The fourth-order valence-electron chi connectivity index (χ4n) is 1.86. The van der Waals surface area contributed by atoms with Crippen LogP contribution >= 0.6 is 15.9 Å². The van der Waals surface area contributed by atoms with E-state index in [9.17, 15) is 4.39 Å². The van der Waals surface area contributed by atoms with Crippen molar-refractivity contribution < 1.29 is 9.13 Å². The quantitative estimate of drug-likeness (QED) is 0.932. The first-order valence-electron chi connectivity index (χ1n) is 5.80. The third-order valence-corrected chi connectivity index (χ3v) is 3.15. The summed E-state index contributed by atoms with van der Waals surface area (Å²) in [7, 11) is 0. The maximum absolute atomic E-state index is 13.3. The Morgan fingerprint density at radius 2 is 2.00 bits per heavy atom. The molecule has 0 saturated carbocycles. The monoisotopic (exact) mass is 324 g/mol. The molecule has 0 aliphatic rings. The summed E-state index contributed by atoms with van der Waals surface area (Å²) in [5, 5.41) is 0. The molecule has 0 atom stereocenters. The van der Waals surface area contributed by atoms with Crippen LogP contribution in [0.2, 0.25) is 0 Å².